The van der Waals surface area contributed by atoms with Crippen molar-refractivity contribution in [2.75, 3.05) is 11.1 Å². The molecule has 164 valence electrons. The highest BCUT2D eigenvalue weighted by molar-refractivity contribution is 7.92. The SMILES string of the molecule is N#Cc1ccc(NC(=O)C(O)(CS(=O)(=O)C2CC2)c2ccc(Cl)nc2)cc1C(F)(F)F. The number of aliphatic hydroxyl groups is 1. The molecule has 0 saturated heterocycles. The number of halogens is 4. The van der Waals surface area contributed by atoms with E-state index >= 15 is 0 Å². The number of nitriles is 1. The van der Waals surface area contributed by atoms with Gasteiger partial charge in [0.25, 0.3) is 5.91 Å². The number of rotatable bonds is 6. The molecule has 0 bridgehead atoms. The zero-order valence-corrected chi connectivity index (χ0v) is 17.2. The van der Waals surface area contributed by atoms with Crippen molar-refractivity contribution < 1.29 is 31.5 Å². The van der Waals surface area contributed by atoms with Gasteiger partial charge in [0.05, 0.1) is 28.2 Å². The summed E-state index contributed by atoms with van der Waals surface area (Å²) in [6.45, 7) is 0. The molecule has 1 aliphatic carbocycles. The van der Waals surface area contributed by atoms with Gasteiger partial charge in [-0.15, -0.1) is 0 Å². The fourth-order valence-corrected chi connectivity index (χ4v) is 5.01. The van der Waals surface area contributed by atoms with Crippen LogP contribution in [0.5, 0.6) is 0 Å². The van der Waals surface area contributed by atoms with Crippen LogP contribution in [-0.4, -0.2) is 35.4 Å². The summed E-state index contributed by atoms with van der Waals surface area (Å²) in [5.74, 6) is -2.25. The second-order valence-corrected chi connectivity index (χ2v) is 9.73. The van der Waals surface area contributed by atoms with E-state index in [4.69, 9.17) is 16.9 Å². The predicted molar refractivity (Wildman–Crippen MR) is 105 cm³/mol. The molecule has 1 amide bonds. The standard InChI is InChI=1S/C19H15ClF3N3O4S/c20-16-6-2-12(9-25-16)18(28,10-31(29,30)14-4-5-14)17(27)26-13-3-1-11(8-24)15(7-13)19(21,22)23/h1-3,6-7,9,14,28H,4-5,10H2,(H,26,27). The van der Waals surface area contributed by atoms with Crippen LogP contribution in [0.4, 0.5) is 18.9 Å². The van der Waals surface area contributed by atoms with Crippen molar-refractivity contribution in [1.29, 1.82) is 5.26 Å². The number of sulfone groups is 1. The van der Waals surface area contributed by atoms with Gasteiger partial charge in [-0.3, -0.25) is 4.79 Å². The minimum absolute atomic E-state index is 0.0264. The van der Waals surface area contributed by atoms with Crippen molar-refractivity contribution in [3.05, 3.63) is 58.4 Å². The third-order valence-electron chi connectivity index (χ3n) is 4.73. The van der Waals surface area contributed by atoms with Crippen LogP contribution >= 0.6 is 11.6 Å². The number of hydrogen-bond acceptors (Lipinski definition) is 6. The second-order valence-electron chi connectivity index (χ2n) is 7.06. The Morgan fingerprint density at radius 1 is 1.29 bits per heavy atom. The minimum atomic E-state index is -4.86. The predicted octanol–water partition coefficient (Wildman–Crippen LogP) is 3.03. The van der Waals surface area contributed by atoms with Gasteiger partial charge in [0.1, 0.15) is 5.15 Å². The maximum Gasteiger partial charge on any atom is 0.417 e. The molecule has 0 aliphatic heterocycles. The van der Waals surface area contributed by atoms with E-state index in [1.165, 1.54) is 18.2 Å². The first-order valence-corrected chi connectivity index (χ1v) is 10.9. The van der Waals surface area contributed by atoms with E-state index in [9.17, 15) is 31.5 Å². The van der Waals surface area contributed by atoms with Crippen LogP contribution < -0.4 is 5.32 Å². The van der Waals surface area contributed by atoms with E-state index < -0.39 is 49.7 Å². The molecule has 2 N–H and O–H groups in total. The molecule has 3 rings (SSSR count). The Kier molecular flexibility index (Phi) is 6.01. The zero-order valence-electron chi connectivity index (χ0n) is 15.6. The van der Waals surface area contributed by atoms with Crippen molar-refractivity contribution in [1.82, 2.24) is 4.98 Å². The number of carbonyl (C=O) groups excluding carboxylic acids is 1. The number of benzene rings is 1. The van der Waals surface area contributed by atoms with Gasteiger partial charge >= 0.3 is 6.18 Å². The molecule has 1 unspecified atom stereocenters. The number of hydrogen-bond donors (Lipinski definition) is 2. The normalized spacial score (nSPS) is 16.3. The summed E-state index contributed by atoms with van der Waals surface area (Å²) >= 11 is 5.71. The number of amides is 1. The highest BCUT2D eigenvalue weighted by Crippen LogP contribution is 2.36. The van der Waals surface area contributed by atoms with E-state index in [0.717, 1.165) is 18.3 Å². The summed E-state index contributed by atoms with van der Waals surface area (Å²) in [4.78, 5) is 16.7. The smallest absolute Gasteiger partial charge is 0.374 e. The van der Waals surface area contributed by atoms with Crippen LogP contribution in [0.25, 0.3) is 0 Å². The Labute approximate surface area is 180 Å². The van der Waals surface area contributed by atoms with Crippen LogP contribution in [0.1, 0.15) is 29.5 Å². The van der Waals surface area contributed by atoms with Gasteiger partial charge in [0.2, 0.25) is 0 Å². The van der Waals surface area contributed by atoms with Crippen molar-refractivity contribution in [2.24, 2.45) is 0 Å². The summed E-state index contributed by atoms with van der Waals surface area (Å²) in [5, 5.41) is 21.4. The van der Waals surface area contributed by atoms with E-state index in [1.54, 1.807) is 0 Å². The van der Waals surface area contributed by atoms with Crippen LogP contribution in [0, 0.1) is 11.3 Å². The summed E-state index contributed by atoms with van der Waals surface area (Å²) in [6.07, 6.45) is -3.06. The van der Waals surface area contributed by atoms with Crippen LogP contribution in [-0.2, 0) is 26.4 Å². The Bertz CT molecular complexity index is 1160. The number of aromatic nitrogens is 1. The first-order chi connectivity index (χ1) is 14.4. The molecule has 1 atom stereocenters. The van der Waals surface area contributed by atoms with Gasteiger partial charge in [0.15, 0.2) is 15.4 Å². The molecule has 0 spiro atoms. The highest BCUT2D eigenvalue weighted by Gasteiger charge is 2.47. The van der Waals surface area contributed by atoms with E-state index in [0.29, 0.717) is 18.9 Å². The number of pyridine rings is 1. The monoisotopic (exact) mass is 473 g/mol. The Morgan fingerprint density at radius 2 is 1.97 bits per heavy atom. The lowest BCUT2D eigenvalue weighted by molar-refractivity contribution is -0.138. The molecular formula is C19H15ClF3N3O4S. The Balaban J connectivity index is 1.99. The first-order valence-electron chi connectivity index (χ1n) is 8.85. The Morgan fingerprint density at radius 3 is 2.48 bits per heavy atom. The van der Waals surface area contributed by atoms with Gasteiger partial charge in [-0.2, -0.15) is 18.4 Å². The van der Waals surface area contributed by atoms with Gasteiger partial charge in [-0.25, -0.2) is 13.4 Å². The number of anilines is 1. The highest BCUT2D eigenvalue weighted by atomic mass is 35.5. The largest absolute Gasteiger partial charge is 0.417 e. The number of carbonyl (C=O) groups is 1. The molecule has 12 heteroatoms. The maximum absolute atomic E-state index is 13.2. The molecule has 1 aromatic heterocycles. The fourth-order valence-electron chi connectivity index (χ4n) is 2.93. The summed E-state index contributed by atoms with van der Waals surface area (Å²) in [6, 6.07) is 6.30. The molecule has 1 fully saturated rings. The van der Waals surface area contributed by atoms with Gasteiger partial charge in [-0.1, -0.05) is 17.7 Å². The molecule has 7 nitrogen and oxygen atoms in total. The molecular weight excluding hydrogens is 459 g/mol. The molecule has 31 heavy (non-hydrogen) atoms. The van der Waals surface area contributed by atoms with Crippen molar-refractivity contribution in [3.63, 3.8) is 0 Å². The number of nitrogens with zero attached hydrogens (tertiary/aromatic N) is 2. The first kappa shape index (κ1) is 23.0. The lowest BCUT2D eigenvalue weighted by atomic mass is 9.96. The second kappa shape index (κ2) is 8.11. The molecule has 2 aromatic rings. The third kappa shape index (κ3) is 4.98. The molecule has 1 saturated carbocycles. The number of nitrogens with one attached hydrogen (secondary N) is 1. The molecule has 1 heterocycles. The molecule has 0 radical (unpaired) electrons. The van der Waals surface area contributed by atoms with Gasteiger partial charge < -0.3 is 10.4 Å². The maximum atomic E-state index is 13.2. The fraction of sp³-hybridized carbons (Fsp3) is 0.316. The van der Waals surface area contributed by atoms with Gasteiger partial charge in [0, 0.05) is 17.4 Å². The summed E-state index contributed by atoms with van der Waals surface area (Å²) < 4.78 is 64.6. The zero-order chi connectivity index (χ0) is 23.0. The van der Waals surface area contributed by atoms with Gasteiger partial charge in [-0.05, 0) is 37.1 Å². The topological polar surface area (TPSA) is 120 Å². The summed E-state index contributed by atoms with van der Waals surface area (Å²) in [5.41, 5.74) is -5.14. The van der Waals surface area contributed by atoms with E-state index in [2.05, 4.69) is 10.3 Å². The van der Waals surface area contributed by atoms with Crippen LogP contribution in [0.3, 0.4) is 0 Å². The molecule has 1 aromatic carbocycles. The van der Waals surface area contributed by atoms with E-state index in [-0.39, 0.29) is 16.4 Å². The minimum Gasteiger partial charge on any atom is -0.374 e. The van der Waals surface area contributed by atoms with Crippen molar-refractivity contribution in [3.8, 4) is 6.07 Å². The van der Waals surface area contributed by atoms with E-state index in [1.807, 2.05) is 0 Å². The van der Waals surface area contributed by atoms with Crippen molar-refractivity contribution >= 4 is 33.0 Å². The lowest BCUT2D eigenvalue weighted by Crippen LogP contribution is -2.46. The third-order valence-corrected chi connectivity index (χ3v) is 7.26. The Hall–Kier alpha value is -2.68. The average molecular weight is 474 g/mol. The summed E-state index contributed by atoms with van der Waals surface area (Å²) in [7, 11) is -3.88. The lowest BCUT2D eigenvalue weighted by Gasteiger charge is -2.27. The van der Waals surface area contributed by atoms with Crippen LogP contribution in [0.15, 0.2) is 36.5 Å². The number of alkyl halides is 3. The molecule has 1 aliphatic rings. The van der Waals surface area contributed by atoms with Crippen LogP contribution in [0.2, 0.25) is 5.15 Å². The quantitative estimate of drug-likeness (QED) is 0.622. The average Bonchev–Trinajstić information content (AvgIpc) is 3.53. The van der Waals surface area contributed by atoms with Crippen molar-refractivity contribution in [2.45, 2.75) is 29.9 Å².